The standard InChI is InChI=1S/C25H27FN2O/c1-17-10-11-20(26)14-19(17)15-25(12-6-3-7-13-25)28-24(29)22-16-27-23-9-5-4-8-21(23)18(22)2/h4-5,8-11,14,16H,3,6-7,12-13,15H2,1-2H3,(H,28,29). The molecule has 0 bridgehead atoms. The number of rotatable bonds is 4. The normalized spacial score (nSPS) is 16.0. The van der Waals surface area contributed by atoms with Gasteiger partial charge < -0.3 is 5.32 Å². The molecule has 3 aromatic rings. The van der Waals surface area contributed by atoms with Gasteiger partial charge in [0.05, 0.1) is 11.1 Å². The van der Waals surface area contributed by atoms with Crippen molar-refractivity contribution in [1.82, 2.24) is 10.3 Å². The lowest BCUT2D eigenvalue weighted by molar-refractivity contribution is 0.0867. The molecule has 2 aromatic carbocycles. The van der Waals surface area contributed by atoms with E-state index in [1.807, 2.05) is 44.2 Å². The van der Waals surface area contributed by atoms with Crippen molar-refractivity contribution in [2.24, 2.45) is 0 Å². The summed E-state index contributed by atoms with van der Waals surface area (Å²) in [4.78, 5) is 17.8. The van der Waals surface area contributed by atoms with E-state index in [1.54, 1.807) is 12.3 Å². The third-order valence-corrected chi connectivity index (χ3v) is 6.32. The molecule has 0 atom stereocenters. The highest BCUT2D eigenvalue weighted by Crippen LogP contribution is 2.33. The first-order chi connectivity index (χ1) is 14.0. The fraction of sp³-hybridized carbons (Fsp3) is 0.360. The number of fused-ring (bicyclic) bond motifs is 1. The van der Waals surface area contributed by atoms with Crippen LogP contribution < -0.4 is 5.32 Å². The molecule has 0 aliphatic heterocycles. The predicted molar refractivity (Wildman–Crippen MR) is 115 cm³/mol. The van der Waals surface area contributed by atoms with Gasteiger partial charge in [-0.2, -0.15) is 0 Å². The molecule has 0 unspecified atom stereocenters. The topological polar surface area (TPSA) is 42.0 Å². The molecule has 1 fully saturated rings. The van der Waals surface area contributed by atoms with E-state index in [1.165, 1.54) is 12.5 Å². The molecule has 4 heteroatoms. The van der Waals surface area contributed by atoms with Gasteiger partial charge in [-0.3, -0.25) is 9.78 Å². The highest BCUT2D eigenvalue weighted by molar-refractivity contribution is 6.00. The summed E-state index contributed by atoms with van der Waals surface area (Å²) >= 11 is 0. The Balaban J connectivity index is 1.65. The van der Waals surface area contributed by atoms with Crippen molar-refractivity contribution in [1.29, 1.82) is 0 Å². The number of aryl methyl sites for hydroxylation is 2. The van der Waals surface area contributed by atoms with Crippen molar-refractivity contribution in [3.8, 4) is 0 Å². The second kappa shape index (κ2) is 7.94. The third-order valence-electron chi connectivity index (χ3n) is 6.32. The van der Waals surface area contributed by atoms with E-state index < -0.39 is 0 Å². The molecular formula is C25H27FN2O. The van der Waals surface area contributed by atoms with E-state index in [2.05, 4.69) is 10.3 Å². The smallest absolute Gasteiger partial charge is 0.253 e. The number of nitrogens with one attached hydrogen (secondary N) is 1. The summed E-state index contributed by atoms with van der Waals surface area (Å²) in [5.41, 5.74) is 4.15. The molecule has 0 saturated heterocycles. The van der Waals surface area contributed by atoms with Crippen molar-refractivity contribution in [2.45, 2.75) is 57.9 Å². The first-order valence-electron chi connectivity index (χ1n) is 10.4. The molecule has 1 heterocycles. The quantitative estimate of drug-likeness (QED) is 0.624. The zero-order chi connectivity index (χ0) is 20.4. The van der Waals surface area contributed by atoms with Crippen LogP contribution in [0.25, 0.3) is 10.9 Å². The van der Waals surface area contributed by atoms with Crippen molar-refractivity contribution >= 4 is 16.8 Å². The van der Waals surface area contributed by atoms with E-state index in [4.69, 9.17) is 0 Å². The Labute approximate surface area is 171 Å². The average molecular weight is 391 g/mol. The molecule has 150 valence electrons. The number of nitrogens with zero attached hydrogens (tertiary/aromatic N) is 1. The zero-order valence-electron chi connectivity index (χ0n) is 17.1. The maximum atomic E-state index is 13.9. The van der Waals surface area contributed by atoms with Gasteiger partial charge in [0.15, 0.2) is 0 Å². The molecule has 0 radical (unpaired) electrons. The number of pyridine rings is 1. The summed E-state index contributed by atoms with van der Waals surface area (Å²) in [6, 6.07) is 12.8. The van der Waals surface area contributed by atoms with Crippen LogP contribution >= 0.6 is 0 Å². The van der Waals surface area contributed by atoms with Crippen LogP contribution in [0.3, 0.4) is 0 Å². The zero-order valence-corrected chi connectivity index (χ0v) is 17.1. The number of carbonyl (C=O) groups is 1. The lowest BCUT2D eigenvalue weighted by Crippen LogP contribution is -2.51. The van der Waals surface area contributed by atoms with Crippen molar-refractivity contribution in [3.63, 3.8) is 0 Å². The SMILES string of the molecule is Cc1ccc(F)cc1CC1(NC(=O)c2cnc3ccccc3c2C)CCCCC1. The fourth-order valence-electron chi connectivity index (χ4n) is 4.59. The summed E-state index contributed by atoms with van der Waals surface area (Å²) in [5, 5.41) is 4.35. The first kappa shape index (κ1) is 19.6. The molecule has 1 aliphatic carbocycles. The largest absolute Gasteiger partial charge is 0.346 e. The molecule has 3 nitrogen and oxygen atoms in total. The number of benzene rings is 2. The van der Waals surface area contributed by atoms with E-state index in [0.29, 0.717) is 12.0 Å². The maximum Gasteiger partial charge on any atom is 0.253 e. The van der Waals surface area contributed by atoms with E-state index in [-0.39, 0.29) is 17.3 Å². The molecule has 29 heavy (non-hydrogen) atoms. The van der Waals surface area contributed by atoms with Gasteiger partial charge >= 0.3 is 0 Å². The Hall–Kier alpha value is -2.75. The predicted octanol–water partition coefficient (Wildman–Crippen LogP) is 5.67. The molecule has 1 saturated carbocycles. The lowest BCUT2D eigenvalue weighted by Gasteiger charge is -2.39. The number of hydrogen-bond donors (Lipinski definition) is 1. The van der Waals surface area contributed by atoms with Crippen molar-refractivity contribution in [3.05, 3.63) is 76.7 Å². The highest BCUT2D eigenvalue weighted by Gasteiger charge is 2.35. The summed E-state index contributed by atoms with van der Waals surface area (Å²) in [5.74, 6) is -0.311. The minimum atomic E-state index is -0.341. The lowest BCUT2D eigenvalue weighted by atomic mass is 9.76. The van der Waals surface area contributed by atoms with Crippen LogP contribution in [0.4, 0.5) is 4.39 Å². The molecule has 1 amide bonds. The minimum Gasteiger partial charge on any atom is -0.346 e. The fourth-order valence-corrected chi connectivity index (χ4v) is 4.59. The Morgan fingerprint density at radius 1 is 1.10 bits per heavy atom. The van der Waals surface area contributed by atoms with Gasteiger partial charge in [0.1, 0.15) is 5.82 Å². The van der Waals surface area contributed by atoms with Crippen LogP contribution in [0.5, 0.6) is 0 Å². The number of aromatic nitrogens is 1. The number of amides is 1. The second-order valence-electron chi connectivity index (χ2n) is 8.36. The molecule has 1 aliphatic rings. The number of para-hydroxylation sites is 1. The Morgan fingerprint density at radius 2 is 1.86 bits per heavy atom. The highest BCUT2D eigenvalue weighted by atomic mass is 19.1. The Bertz CT molecular complexity index is 1050. The molecule has 0 spiro atoms. The number of hydrogen-bond acceptors (Lipinski definition) is 2. The monoisotopic (exact) mass is 390 g/mol. The van der Waals surface area contributed by atoms with Gasteiger partial charge in [0.25, 0.3) is 5.91 Å². The summed E-state index contributed by atoms with van der Waals surface area (Å²) in [6.45, 7) is 3.98. The molecule has 1 aromatic heterocycles. The Morgan fingerprint density at radius 3 is 2.66 bits per heavy atom. The molecule has 4 rings (SSSR count). The molecular weight excluding hydrogens is 363 g/mol. The maximum absolute atomic E-state index is 13.9. The van der Waals surface area contributed by atoms with E-state index in [9.17, 15) is 9.18 Å². The van der Waals surface area contributed by atoms with Gasteiger partial charge in [0, 0.05) is 17.1 Å². The van der Waals surface area contributed by atoms with Gasteiger partial charge in [-0.05, 0) is 68.0 Å². The van der Waals surface area contributed by atoms with E-state index in [0.717, 1.165) is 53.3 Å². The van der Waals surface area contributed by atoms with Crippen molar-refractivity contribution < 1.29 is 9.18 Å². The Kier molecular flexibility index (Phi) is 5.35. The first-order valence-corrected chi connectivity index (χ1v) is 10.4. The van der Waals surface area contributed by atoms with Crippen LogP contribution in [0, 0.1) is 19.7 Å². The van der Waals surface area contributed by atoms with E-state index >= 15 is 0 Å². The van der Waals surface area contributed by atoms with Crippen molar-refractivity contribution in [2.75, 3.05) is 0 Å². The molecule has 1 N–H and O–H groups in total. The second-order valence-corrected chi connectivity index (χ2v) is 8.36. The number of carbonyl (C=O) groups excluding carboxylic acids is 1. The van der Waals surface area contributed by atoms with Crippen LogP contribution in [0.15, 0.2) is 48.7 Å². The average Bonchev–Trinajstić information content (AvgIpc) is 2.72. The summed E-state index contributed by atoms with van der Waals surface area (Å²) in [6.07, 6.45) is 7.48. The summed E-state index contributed by atoms with van der Waals surface area (Å²) < 4.78 is 13.9. The van der Waals surface area contributed by atoms with Gasteiger partial charge in [-0.1, -0.05) is 43.5 Å². The van der Waals surface area contributed by atoms with Crippen LogP contribution in [-0.2, 0) is 6.42 Å². The van der Waals surface area contributed by atoms with Crippen LogP contribution in [0.2, 0.25) is 0 Å². The van der Waals surface area contributed by atoms with Gasteiger partial charge in [-0.25, -0.2) is 4.39 Å². The van der Waals surface area contributed by atoms with Gasteiger partial charge in [0.2, 0.25) is 0 Å². The van der Waals surface area contributed by atoms with Crippen LogP contribution in [-0.4, -0.2) is 16.4 Å². The van der Waals surface area contributed by atoms with Crippen LogP contribution in [0.1, 0.15) is 59.2 Å². The minimum absolute atomic E-state index is 0.0864. The summed E-state index contributed by atoms with van der Waals surface area (Å²) in [7, 11) is 0. The number of halogens is 1. The van der Waals surface area contributed by atoms with Gasteiger partial charge in [-0.15, -0.1) is 0 Å². The third kappa shape index (κ3) is 4.02.